The van der Waals surface area contributed by atoms with E-state index in [4.69, 9.17) is 0 Å². The number of rotatable bonds is 4. The number of benzene rings is 1. The summed E-state index contributed by atoms with van der Waals surface area (Å²) in [6, 6.07) is 5.69. The molecule has 0 saturated carbocycles. The quantitative estimate of drug-likeness (QED) is 0.739. The first kappa shape index (κ1) is 14.2. The number of carbonyl (C=O) groups excluding carboxylic acids is 1. The molecule has 16 heavy (non-hydrogen) atoms. The van der Waals surface area contributed by atoms with Crippen molar-refractivity contribution in [3.8, 4) is 0 Å². The van der Waals surface area contributed by atoms with Crippen LogP contribution in [-0.2, 0) is 0 Å². The molecule has 5 heteroatoms. The monoisotopic (exact) mass is 411 g/mol. The Morgan fingerprint density at radius 2 is 1.88 bits per heavy atom. The van der Waals surface area contributed by atoms with Crippen LogP contribution >= 0.6 is 47.8 Å². The molecule has 1 atom stereocenters. The molecule has 1 unspecified atom stereocenters. The third kappa shape index (κ3) is 4.18. The Morgan fingerprint density at radius 3 is 2.31 bits per heavy atom. The lowest BCUT2D eigenvalue weighted by Crippen LogP contribution is -2.35. The van der Waals surface area contributed by atoms with Crippen molar-refractivity contribution in [1.82, 2.24) is 5.32 Å². The van der Waals surface area contributed by atoms with E-state index in [-0.39, 0.29) is 11.9 Å². The van der Waals surface area contributed by atoms with Gasteiger partial charge in [0.2, 0.25) is 0 Å². The number of halogens is 3. The summed E-state index contributed by atoms with van der Waals surface area (Å²) >= 11 is 10.1. The van der Waals surface area contributed by atoms with Crippen molar-refractivity contribution in [2.75, 3.05) is 5.33 Å². The summed E-state index contributed by atoms with van der Waals surface area (Å²) in [6.45, 7) is 2.04. The van der Waals surface area contributed by atoms with Gasteiger partial charge in [-0.05, 0) is 24.6 Å². The fraction of sp³-hybridized carbons (Fsp3) is 0.364. The molecule has 0 aromatic heterocycles. The van der Waals surface area contributed by atoms with Gasteiger partial charge >= 0.3 is 0 Å². The van der Waals surface area contributed by atoms with Crippen LogP contribution in [0, 0.1) is 0 Å². The maximum Gasteiger partial charge on any atom is 0.251 e. The molecule has 1 aromatic carbocycles. The molecule has 0 radical (unpaired) electrons. The Bertz CT molecular complexity index is 357. The third-order valence-electron chi connectivity index (χ3n) is 2.14. The van der Waals surface area contributed by atoms with Crippen molar-refractivity contribution in [2.45, 2.75) is 19.4 Å². The van der Waals surface area contributed by atoms with Crippen molar-refractivity contribution in [3.63, 3.8) is 0 Å². The zero-order valence-corrected chi connectivity index (χ0v) is 13.5. The molecule has 2 nitrogen and oxygen atoms in total. The Balaban J connectivity index is 2.80. The van der Waals surface area contributed by atoms with Crippen LogP contribution in [-0.4, -0.2) is 17.3 Å². The van der Waals surface area contributed by atoms with Crippen LogP contribution in [0.3, 0.4) is 0 Å². The van der Waals surface area contributed by atoms with Gasteiger partial charge in [0, 0.05) is 25.9 Å². The molecule has 0 spiro atoms. The van der Waals surface area contributed by atoms with Gasteiger partial charge in [0.1, 0.15) is 0 Å². The number of carbonyl (C=O) groups is 1. The summed E-state index contributed by atoms with van der Waals surface area (Å²) in [7, 11) is 0. The molecule has 0 aliphatic rings. The summed E-state index contributed by atoms with van der Waals surface area (Å²) < 4.78 is 1.78. The standard InChI is InChI=1S/C11H12Br3NO/c1-2-10(6-12)15-11(16)7-3-8(13)5-9(14)4-7/h3-5,10H,2,6H2,1H3,(H,15,16). The number of hydrogen-bond acceptors (Lipinski definition) is 1. The largest absolute Gasteiger partial charge is 0.348 e. The third-order valence-corrected chi connectivity index (χ3v) is 3.84. The van der Waals surface area contributed by atoms with Gasteiger partial charge in [0.15, 0.2) is 0 Å². The molecule has 1 aromatic rings. The zero-order valence-electron chi connectivity index (χ0n) is 8.77. The molecule has 0 aliphatic heterocycles. The first-order chi connectivity index (χ1) is 7.56. The number of hydrogen-bond donors (Lipinski definition) is 1. The molecule has 1 rings (SSSR count). The van der Waals surface area contributed by atoms with Crippen molar-refractivity contribution < 1.29 is 4.79 Å². The van der Waals surface area contributed by atoms with Crippen molar-refractivity contribution in [3.05, 3.63) is 32.7 Å². The normalized spacial score (nSPS) is 12.2. The van der Waals surface area contributed by atoms with Gasteiger partial charge in [-0.3, -0.25) is 4.79 Å². The van der Waals surface area contributed by atoms with Gasteiger partial charge in [-0.15, -0.1) is 0 Å². The van der Waals surface area contributed by atoms with Gasteiger partial charge in [0.25, 0.3) is 5.91 Å². The Labute approximate surface area is 121 Å². The highest BCUT2D eigenvalue weighted by atomic mass is 79.9. The van der Waals surface area contributed by atoms with E-state index < -0.39 is 0 Å². The average Bonchev–Trinajstić information content (AvgIpc) is 2.24. The second-order valence-electron chi connectivity index (χ2n) is 3.39. The molecule has 88 valence electrons. The smallest absolute Gasteiger partial charge is 0.251 e. The van der Waals surface area contributed by atoms with E-state index in [2.05, 4.69) is 53.1 Å². The number of nitrogens with one attached hydrogen (secondary N) is 1. The van der Waals surface area contributed by atoms with Crippen LogP contribution in [0.5, 0.6) is 0 Å². The predicted molar refractivity (Wildman–Crippen MR) is 77.2 cm³/mol. The summed E-state index contributed by atoms with van der Waals surface area (Å²) in [4.78, 5) is 11.9. The summed E-state index contributed by atoms with van der Waals surface area (Å²) in [5.74, 6) is -0.0479. The second kappa shape index (κ2) is 6.77. The zero-order chi connectivity index (χ0) is 12.1. The van der Waals surface area contributed by atoms with Crippen LogP contribution in [0.1, 0.15) is 23.7 Å². The van der Waals surface area contributed by atoms with Crippen molar-refractivity contribution in [1.29, 1.82) is 0 Å². The van der Waals surface area contributed by atoms with E-state index in [0.29, 0.717) is 5.56 Å². The molecular formula is C11H12Br3NO. The first-order valence-corrected chi connectivity index (χ1v) is 7.60. The van der Waals surface area contributed by atoms with Crippen molar-refractivity contribution in [2.24, 2.45) is 0 Å². The van der Waals surface area contributed by atoms with E-state index in [1.807, 2.05) is 13.0 Å². The highest BCUT2D eigenvalue weighted by Gasteiger charge is 2.11. The van der Waals surface area contributed by atoms with E-state index in [1.54, 1.807) is 12.1 Å². The Morgan fingerprint density at radius 1 is 1.31 bits per heavy atom. The van der Waals surface area contributed by atoms with Gasteiger partial charge < -0.3 is 5.32 Å². The van der Waals surface area contributed by atoms with E-state index in [0.717, 1.165) is 20.7 Å². The maximum atomic E-state index is 11.9. The van der Waals surface area contributed by atoms with Crippen LogP contribution in [0.2, 0.25) is 0 Å². The van der Waals surface area contributed by atoms with E-state index in [9.17, 15) is 4.79 Å². The molecule has 0 saturated heterocycles. The lowest BCUT2D eigenvalue weighted by molar-refractivity contribution is 0.0940. The second-order valence-corrected chi connectivity index (χ2v) is 5.87. The fourth-order valence-corrected chi connectivity index (χ4v) is 3.12. The lowest BCUT2D eigenvalue weighted by atomic mass is 10.2. The van der Waals surface area contributed by atoms with Crippen molar-refractivity contribution >= 4 is 53.7 Å². The molecule has 1 amide bonds. The minimum atomic E-state index is -0.0479. The molecular weight excluding hydrogens is 402 g/mol. The first-order valence-electron chi connectivity index (χ1n) is 4.89. The Hall–Kier alpha value is 0.130. The van der Waals surface area contributed by atoms with Crippen LogP contribution in [0.15, 0.2) is 27.1 Å². The maximum absolute atomic E-state index is 11.9. The highest BCUT2D eigenvalue weighted by molar-refractivity contribution is 9.11. The molecule has 0 aliphatic carbocycles. The molecule has 0 fully saturated rings. The SMILES string of the molecule is CCC(CBr)NC(=O)c1cc(Br)cc(Br)c1. The van der Waals surface area contributed by atoms with Crippen LogP contribution in [0.25, 0.3) is 0 Å². The molecule has 0 heterocycles. The molecule has 0 bridgehead atoms. The topological polar surface area (TPSA) is 29.1 Å². The molecule has 1 N–H and O–H groups in total. The predicted octanol–water partition coefficient (Wildman–Crippen LogP) is 4.11. The minimum absolute atomic E-state index is 0.0479. The van der Waals surface area contributed by atoms with Crippen LogP contribution in [0.4, 0.5) is 0 Å². The number of amides is 1. The number of alkyl halides is 1. The average molecular weight is 414 g/mol. The van der Waals surface area contributed by atoms with Gasteiger partial charge in [-0.2, -0.15) is 0 Å². The van der Waals surface area contributed by atoms with Crippen LogP contribution < -0.4 is 5.32 Å². The van der Waals surface area contributed by atoms with Gasteiger partial charge in [0.05, 0.1) is 0 Å². The van der Waals surface area contributed by atoms with Gasteiger partial charge in [-0.25, -0.2) is 0 Å². The highest BCUT2D eigenvalue weighted by Crippen LogP contribution is 2.20. The fourth-order valence-electron chi connectivity index (χ4n) is 1.20. The lowest BCUT2D eigenvalue weighted by Gasteiger charge is -2.14. The van der Waals surface area contributed by atoms with E-state index in [1.165, 1.54) is 0 Å². The van der Waals surface area contributed by atoms with E-state index >= 15 is 0 Å². The Kier molecular flexibility index (Phi) is 6.00. The summed E-state index contributed by atoms with van der Waals surface area (Å²) in [5.41, 5.74) is 0.653. The van der Waals surface area contributed by atoms with Gasteiger partial charge in [-0.1, -0.05) is 54.7 Å². The summed E-state index contributed by atoms with van der Waals surface area (Å²) in [5, 5.41) is 3.73. The summed E-state index contributed by atoms with van der Waals surface area (Å²) in [6.07, 6.45) is 0.909. The minimum Gasteiger partial charge on any atom is -0.348 e.